The first-order chi connectivity index (χ1) is 14.8. The molecule has 1 N–H and O–H groups in total. The first-order valence-electron chi connectivity index (χ1n) is 9.37. The van der Waals surface area contributed by atoms with Crippen LogP contribution in [-0.4, -0.2) is 45.6 Å². The maximum absolute atomic E-state index is 12.5. The van der Waals surface area contributed by atoms with Gasteiger partial charge < -0.3 is 24.3 Å². The Morgan fingerprint density at radius 2 is 1.68 bits per heavy atom. The van der Waals surface area contributed by atoms with E-state index in [1.165, 1.54) is 34.3 Å². The summed E-state index contributed by atoms with van der Waals surface area (Å²) in [6.45, 7) is 4.92. The molecule has 0 aliphatic rings. The summed E-state index contributed by atoms with van der Waals surface area (Å²) in [5.74, 6) is 0.0827. The SMILES string of the molecule is CCOC(=O)c1c(NC(=O)C=Cc2cc(OC)c(OC)c(OC)c2)sc(C(C)=O)c1C. The molecule has 1 amide bonds. The van der Waals surface area contributed by atoms with Crippen LogP contribution in [0.15, 0.2) is 18.2 Å². The topological polar surface area (TPSA) is 100 Å². The normalized spacial score (nSPS) is 10.6. The van der Waals surface area contributed by atoms with Crippen molar-refractivity contribution in [2.75, 3.05) is 33.3 Å². The monoisotopic (exact) mass is 447 g/mol. The quantitative estimate of drug-likeness (QED) is 0.351. The molecule has 0 fully saturated rings. The van der Waals surface area contributed by atoms with Crippen molar-refractivity contribution in [2.24, 2.45) is 0 Å². The molecule has 0 spiro atoms. The number of ketones is 1. The van der Waals surface area contributed by atoms with Gasteiger partial charge in [-0.2, -0.15) is 0 Å². The molecule has 1 aromatic heterocycles. The average molecular weight is 448 g/mol. The third kappa shape index (κ3) is 5.43. The number of thiophene rings is 1. The van der Waals surface area contributed by atoms with Gasteiger partial charge >= 0.3 is 5.97 Å². The number of Topliss-reactive ketones (excluding diaryl/α,β-unsaturated/α-hetero) is 1. The molecule has 0 atom stereocenters. The summed E-state index contributed by atoms with van der Waals surface area (Å²) in [6.07, 6.45) is 2.87. The number of nitrogens with one attached hydrogen (secondary N) is 1. The van der Waals surface area contributed by atoms with Crippen LogP contribution in [0.5, 0.6) is 17.2 Å². The van der Waals surface area contributed by atoms with E-state index in [0.29, 0.717) is 33.3 Å². The highest BCUT2D eigenvalue weighted by atomic mass is 32.1. The second kappa shape index (κ2) is 10.6. The average Bonchev–Trinajstić information content (AvgIpc) is 3.07. The fourth-order valence-electron chi connectivity index (χ4n) is 2.91. The molecule has 0 aliphatic carbocycles. The fraction of sp³-hybridized carbons (Fsp3) is 0.318. The van der Waals surface area contributed by atoms with Crippen molar-refractivity contribution in [3.05, 3.63) is 39.8 Å². The number of methoxy groups -OCH3 is 3. The van der Waals surface area contributed by atoms with E-state index < -0.39 is 11.9 Å². The van der Waals surface area contributed by atoms with Crippen LogP contribution in [-0.2, 0) is 9.53 Å². The number of benzene rings is 1. The second-order valence-electron chi connectivity index (χ2n) is 6.32. The molecule has 0 bridgehead atoms. The van der Waals surface area contributed by atoms with Gasteiger partial charge in [0.15, 0.2) is 17.3 Å². The smallest absolute Gasteiger partial charge is 0.341 e. The largest absolute Gasteiger partial charge is 0.493 e. The van der Waals surface area contributed by atoms with Gasteiger partial charge in [-0.05, 0) is 50.1 Å². The molecule has 2 rings (SSSR count). The number of carbonyl (C=O) groups excluding carboxylic acids is 3. The molecule has 0 saturated carbocycles. The maximum atomic E-state index is 12.5. The summed E-state index contributed by atoms with van der Waals surface area (Å²) in [5.41, 5.74) is 1.31. The first kappa shape index (κ1) is 23.9. The van der Waals surface area contributed by atoms with Gasteiger partial charge in [0.25, 0.3) is 0 Å². The van der Waals surface area contributed by atoms with E-state index in [0.717, 1.165) is 11.3 Å². The lowest BCUT2D eigenvalue weighted by molar-refractivity contribution is -0.111. The minimum atomic E-state index is -0.590. The minimum Gasteiger partial charge on any atom is -0.493 e. The Morgan fingerprint density at radius 3 is 2.16 bits per heavy atom. The summed E-state index contributed by atoms with van der Waals surface area (Å²) in [5, 5.41) is 2.93. The van der Waals surface area contributed by atoms with Crippen molar-refractivity contribution < 1.29 is 33.3 Å². The number of esters is 1. The zero-order valence-electron chi connectivity index (χ0n) is 18.3. The zero-order chi connectivity index (χ0) is 23.1. The molecule has 2 aromatic rings. The summed E-state index contributed by atoms with van der Waals surface area (Å²) in [7, 11) is 4.50. The van der Waals surface area contributed by atoms with Gasteiger partial charge in [0.05, 0.1) is 38.4 Å². The Hall–Kier alpha value is -3.33. The third-order valence-electron chi connectivity index (χ3n) is 4.30. The Bertz CT molecular complexity index is 998. The number of rotatable bonds is 9. The fourth-order valence-corrected chi connectivity index (χ4v) is 4.00. The molecule has 31 heavy (non-hydrogen) atoms. The predicted octanol–water partition coefficient (Wildman–Crippen LogP) is 4.11. The highest BCUT2D eigenvalue weighted by molar-refractivity contribution is 7.18. The van der Waals surface area contributed by atoms with Gasteiger partial charge in [-0.1, -0.05) is 0 Å². The molecule has 0 saturated heterocycles. The summed E-state index contributed by atoms with van der Waals surface area (Å²) < 4.78 is 21.0. The second-order valence-corrected chi connectivity index (χ2v) is 7.34. The van der Waals surface area contributed by atoms with Gasteiger partial charge in [0.2, 0.25) is 11.7 Å². The molecule has 9 heteroatoms. The number of hydrogen-bond donors (Lipinski definition) is 1. The summed E-state index contributed by atoms with van der Waals surface area (Å²) in [4.78, 5) is 37.1. The third-order valence-corrected chi connectivity index (χ3v) is 5.61. The number of ether oxygens (including phenoxy) is 4. The lowest BCUT2D eigenvalue weighted by atomic mass is 10.1. The van der Waals surface area contributed by atoms with E-state index in [4.69, 9.17) is 18.9 Å². The van der Waals surface area contributed by atoms with Crippen LogP contribution in [0, 0.1) is 6.92 Å². The van der Waals surface area contributed by atoms with Crippen LogP contribution >= 0.6 is 11.3 Å². The zero-order valence-corrected chi connectivity index (χ0v) is 19.1. The van der Waals surface area contributed by atoms with Gasteiger partial charge in [0, 0.05) is 6.08 Å². The van der Waals surface area contributed by atoms with E-state index in [-0.39, 0.29) is 23.0 Å². The maximum Gasteiger partial charge on any atom is 0.341 e. The van der Waals surface area contributed by atoms with Gasteiger partial charge in [-0.15, -0.1) is 11.3 Å². The van der Waals surface area contributed by atoms with Crippen LogP contribution < -0.4 is 19.5 Å². The van der Waals surface area contributed by atoms with Gasteiger partial charge in [-0.25, -0.2) is 4.79 Å². The van der Waals surface area contributed by atoms with Crippen LogP contribution in [0.4, 0.5) is 5.00 Å². The number of amides is 1. The highest BCUT2D eigenvalue weighted by Gasteiger charge is 2.24. The van der Waals surface area contributed by atoms with E-state index in [1.807, 2.05) is 0 Å². The van der Waals surface area contributed by atoms with E-state index in [9.17, 15) is 14.4 Å². The molecule has 0 radical (unpaired) electrons. The predicted molar refractivity (Wildman–Crippen MR) is 119 cm³/mol. The molecule has 166 valence electrons. The Morgan fingerprint density at radius 1 is 1.06 bits per heavy atom. The Labute approximate surface area is 184 Å². The van der Waals surface area contributed by atoms with Crippen molar-refractivity contribution in [3.8, 4) is 17.2 Å². The van der Waals surface area contributed by atoms with Crippen LogP contribution in [0.3, 0.4) is 0 Å². The summed E-state index contributed by atoms with van der Waals surface area (Å²) >= 11 is 1.04. The molecule has 8 nitrogen and oxygen atoms in total. The molecular weight excluding hydrogens is 422 g/mol. The number of hydrogen-bond acceptors (Lipinski definition) is 8. The van der Waals surface area contributed by atoms with Crippen LogP contribution in [0.2, 0.25) is 0 Å². The number of anilines is 1. The van der Waals surface area contributed by atoms with Crippen molar-refractivity contribution in [1.82, 2.24) is 0 Å². The van der Waals surface area contributed by atoms with Crippen LogP contribution in [0.25, 0.3) is 6.08 Å². The lowest BCUT2D eigenvalue weighted by Crippen LogP contribution is -2.12. The molecule has 1 aromatic carbocycles. The van der Waals surface area contributed by atoms with Crippen molar-refractivity contribution in [2.45, 2.75) is 20.8 Å². The molecule has 1 heterocycles. The Kier molecular flexibility index (Phi) is 8.21. The Balaban J connectivity index is 2.32. The minimum absolute atomic E-state index is 0.179. The standard InChI is InChI=1S/C22H25NO7S/c1-7-30-22(26)18-12(2)20(13(3)24)31-21(18)23-17(25)9-8-14-10-15(27-4)19(29-6)16(11-14)28-5/h8-11H,7H2,1-6H3,(H,23,25). The van der Waals surface area contributed by atoms with Crippen molar-refractivity contribution in [1.29, 1.82) is 0 Å². The molecule has 0 unspecified atom stereocenters. The highest BCUT2D eigenvalue weighted by Crippen LogP contribution is 2.38. The molecule has 0 aliphatic heterocycles. The number of carbonyl (C=O) groups is 3. The summed E-state index contributed by atoms with van der Waals surface area (Å²) in [6, 6.07) is 3.39. The van der Waals surface area contributed by atoms with E-state index in [1.54, 1.807) is 32.1 Å². The van der Waals surface area contributed by atoms with Crippen LogP contribution in [0.1, 0.15) is 45.0 Å². The lowest BCUT2D eigenvalue weighted by Gasteiger charge is -2.12. The van der Waals surface area contributed by atoms with Crippen molar-refractivity contribution >= 4 is 40.1 Å². The van der Waals surface area contributed by atoms with Gasteiger partial charge in [-0.3, -0.25) is 9.59 Å². The van der Waals surface area contributed by atoms with E-state index >= 15 is 0 Å². The van der Waals surface area contributed by atoms with Gasteiger partial charge in [0.1, 0.15) is 5.00 Å². The van der Waals surface area contributed by atoms with Crippen molar-refractivity contribution in [3.63, 3.8) is 0 Å². The van der Waals surface area contributed by atoms with E-state index in [2.05, 4.69) is 5.32 Å². The molecular formula is C22H25NO7S. The first-order valence-corrected chi connectivity index (χ1v) is 10.2.